The lowest BCUT2D eigenvalue weighted by molar-refractivity contribution is 0.355. The van der Waals surface area contributed by atoms with Crippen molar-refractivity contribution in [3.8, 4) is 34.5 Å². The second-order valence-electron chi connectivity index (χ2n) is 6.30. The molecule has 0 aliphatic heterocycles. The molecule has 29 heavy (non-hydrogen) atoms. The first-order valence-electron chi connectivity index (χ1n) is 8.80. The fourth-order valence-electron chi connectivity index (χ4n) is 2.89. The van der Waals surface area contributed by atoms with E-state index in [-0.39, 0.29) is 5.82 Å². The zero-order valence-electron chi connectivity index (χ0n) is 16.1. The molecule has 0 bridgehead atoms. The fraction of sp³-hybridized carbons (Fsp3) is 0.200. The van der Waals surface area contributed by atoms with E-state index in [4.69, 9.17) is 14.0 Å². The molecule has 4 rings (SSSR count). The van der Waals surface area contributed by atoms with Gasteiger partial charge in [-0.3, -0.25) is 0 Å². The summed E-state index contributed by atoms with van der Waals surface area (Å²) in [5.41, 5.74) is 2.89. The maximum atomic E-state index is 13.1. The van der Waals surface area contributed by atoms with Gasteiger partial charge in [-0.15, -0.1) is 5.10 Å². The van der Waals surface area contributed by atoms with Gasteiger partial charge in [-0.2, -0.15) is 4.98 Å². The number of aromatic nitrogens is 5. The number of ether oxygens (including phenoxy) is 2. The topological polar surface area (TPSA) is 88.1 Å². The molecule has 4 aromatic rings. The first kappa shape index (κ1) is 18.6. The van der Waals surface area contributed by atoms with Gasteiger partial charge in [0.2, 0.25) is 5.82 Å². The molecule has 0 amide bonds. The van der Waals surface area contributed by atoms with E-state index in [1.54, 1.807) is 49.2 Å². The Bertz CT molecular complexity index is 1140. The Morgan fingerprint density at radius 2 is 1.79 bits per heavy atom. The van der Waals surface area contributed by atoms with Crippen LogP contribution in [0, 0.1) is 12.7 Å². The smallest absolute Gasteiger partial charge is 0.258 e. The van der Waals surface area contributed by atoms with Crippen molar-refractivity contribution in [2.75, 3.05) is 14.2 Å². The summed E-state index contributed by atoms with van der Waals surface area (Å²) in [5, 5.41) is 12.4. The molecule has 0 aliphatic rings. The largest absolute Gasteiger partial charge is 0.493 e. The number of halogens is 1. The lowest BCUT2D eigenvalue weighted by Gasteiger charge is -2.07. The van der Waals surface area contributed by atoms with Crippen molar-refractivity contribution in [1.29, 1.82) is 0 Å². The van der Waals surface area contributed by atoms with Gasteiger partial charge in [0.05, 0.1) is 26.5 Å². The van der Waals surface area contributed by atoms with Gasteiger partial charge in [-0.25, -0.2) is 9.07 Å². The molecular formula is C20H18FN5O3. The molecule has 0 fully saturated rings. The van der Waals surface area contributed by atoms with Gasteiger partial charge in [0.1, 0.15) is 5.82 Å². The van der Waals surface area contributed by atoms with Crippen LogP contribution in [0.3, 0.4) is 0 Å². The molecule has 0 saturated heterocycles. The molecule has 9 heteroatoms. The average Bonchev–Trinajstić information content (AvgIpc) is 3.36. The molecule has 0 radical (unpaired) electrons. The molecule has 2 heterocycles. The van der Waals surface area contributed by atoms with Crippen LogP contribution >= 0.6 is 0 Å². The van der Waals surface area contributed by atoms with Gasteiger partial charge < -0.3 is 14.0 Å². The van der Waals surface area contributed by atoms with Crippen LogP contribution in [0.15, 0.2) is 47.0 Å². The minimum Gasteiger partial charge on any atom is -0.493 e. The van der Waals surface area contributed by atoms with Crippen LogP contribution in [-0.4, -0.2) is 39.4 Å². The van der Waals surface area contributed by atoms with Crippen LogP contribution in [0.25, 0.3) is 23.0 Å². The molecule has 2 aromatic heterocycles. The standard InChI is InChI=1S/C20H18FN5O3/c1-12-18(23-25-26(12)11-13-4-7-15(21)8-5-13)19-22-20(29-24-19)14-6-9-16(27-2)17(10-14)28-3/h4-10H,11H2,1-3H3. The Balaban J connectivity index is 1.60. The number of rotatable bonds is 6. The van der Waals surface area contributed by atoms with Crippen LogP contribution < -0.4 is 9.47 Å². The lowest BCUT2D eigenvalue weighted by Crippen LogP contribution is -2.04. The summed E-state index contributed by atoms with van der Waals surface area (Å²) in [4.78, 5) is 4.43. The molecule has 0 spiro atoms. The number of hydrogen-bond donors (Lipinski definition) is 0. The second-order valence-corrected chi connectivity index (χ2v) is 6.30. The van der Waals surface area contributed by atoms with E-state index in [9.17, 15) is 4.39 Å². The summed E-state index contributed by atoms with van der Waals surface area (Å²) in [6.07, 6.45) is 0. The third kappa shape index (κ3) is 3.66. The summed E-state index contributed by atoms with van der Waals surface area (Å²) in [6.45, 7) is 2.32. The van der Waals surface area contributed by atoms with E-state index in [0.29, 0.717) is 41.0 Å². The van der Waals surface area contributed by atoms with Crippen LogP contribution in [-0.2, 0) is 6.54 Å². The van der Waals surface area contributed by atoms with E-state index in [1.807, 2.05) is 6.92 Å². The van der Waals surface area contributed by atoms with Crippen molar-refractivity contribution in [1.82, 2.24) is 25.1 Å². The first-order valence-corrected chi connectivity index (χ1v) is 8.80. The van der Waals surface area contributed by atoms with E-state index in [2.05, 4.69) is 20.5 Å². The van der Waals surface area contributed by atoms with E-state index in [1.165, 1.54) is 12.1 Å². The van der Waals surface area contributed by atoms with Crippen molar-refractivity contribution in [3.63, 3.8) is 0 Å². The molecule has 0 unspecified atom stereocenters. The zero-order chi connectivity index (χ0) is 20.4. The Labute approximate surface area is 165 Å². The SMILES string of the molecule is COc1ccc(-c2nc(-c3nnn(Cc4ccc(F)cc4)c3C)no2)cc1OC. The third-order valence-electron chi connectivity index (χ3n) is 4.50. The van der Waals surface area contributed by atoms with Crippen LogP contribution in [0.5, 0.6) is 11.5 Å². The third-order valence-corrected chi connectivity index (χ3v) is 4.50. The van der Waals surface area contributed by atoms with Gasteiger partial charge in [0, 0.05) is 5.56 Å². The molecule has 0 N–H and O–H groups in total. The zero-order valence-corrected chi connectivity index (χ0v) is 16.1. The highest BCUT2D eigenvalue weighted by Crippen LogP contribution is 2.32. The number of methoxy groups -OCH3 is 2. The number of nitrogens with zero attached hydrogens (tertiary/aromatic N) is 5. The van der Waals surface area contributed by atoms with Crippen LogP contribution in [0.1, 0.15) is 11.3 Å². The predicted molar refractivity (Wildman–Crippen MR) is 102 cm³/mol. The monoisotopic (exact) mass is 395 g/mol. The average molecular weight is 395 g/mol. The van der Waals surface area contributed by atoms with Gasteiger partial charge in [-0.1, -0.05) is 22.5 Å². The molecule has 8 nitrogen and oxygen atoms in total. The molecule has 0 atom stereocenters. The fourth-order valence-corrected chi connectivity index (χ4v) is 2.89. The highest BCUT2D eigenvalue weighted by Gasteiger charge is 2.19. The van der Waals surface area contributed by atoms with Gasteiger partial charge in [0.25, 0.3) is 5.89 Å². The summed E-state index contributed by atoms with van der Waals surface area (Å²) < 4.78 is 30.7. The number of hydrogen-bond acceptors (Lipinski definition) is 7. The van der Waals surface area contributed by atoms with Crippen molar-refractivity contribution < 1.29 is 18.4 Å². The summed E-state index contributed by atoms with van der Waals surface area (Å²) >= 11 is 0. The van der Waals surface area contributed by atoms with E-state index < -0.39 is 0 Å². The Kier molecular flexibility index (Phi) is 4.94. The minimum absolute atomic E-state index is 0.278. The Morgan fingerprint density at radius 3 is 2.52 bits per heavy atom. The molecule has 0 aliphatic carbocycles. The van der Waals surface area contributed by atoms with Gasteiger partial charge in [-0.05, 0) is 42.8 Å². The molecule has 0 saturated carbocycles. The van der Waals surface area contributed by atoms with E-state index in [0.717, 1.165) is 11.3 Å². The van der Waals surface area contributed by atoms with Crippen molar-refractivity contribution >= 4 is 0 Å². The predicted octanol–water partition coefficient (Wildman–Crippen LogP) is 3.51. The van der Waals surface area contributed by atoms with Crippen molar-refractivity contribution in [3.05, 3.63) is 59.5 Å². The van der Waals surface area contributed by atoms with Crippen LogP contribution in [0.2, 0.25) is 0 Å². The highest BCUT2D eigenvalue weighted by molar-refractivity contribution is 5.62. The molecular weight excluding hydrogens is 377 g/mol. The maximum Gasteiger partial charge on any atom is 0.258 e. The lowest BCUT2D eigenvalue weighted by atomic mass is 10.2. The molecule has 2 aromatic carbocycles. The summed E-state index contributed by atoms with van der Waals surface area (Å²) in [6, 6.07) is 11.6. The summed E-state index contributed by atoms with van der Waals surface area (Å²) in [5.74, 6) is 1.55. The van der Waals surface area contributed by atoms with Crippen LogP contribution in [0.4, 0.5) is 4.39 Å². The van der Waals surface area contributed by atoms with E-state index >= 15 is 0 Å². The first-order chi connectivity index (χ1) is 14.1. The Hall–Kier alpha value is -3.75. The normalized spacial score (nSPS) is 10.9. The Morgan fingerprint density at radius 1 is 1.03 bits per heavy atom. The van der Waals surface area contributed by atoms with Crippen molar-refractivity contribution in [2.45, 2.75) is 13.5 Å². The van der Waals surface area contributed by atoms with Gasteiger partial charge in [0.15, 0.2) is 17.2 Å². The molecule has 148 valence electrons. The highest BCUT2D eigenvalue weighted by atomic mass is 19.1. The van der Waals surface area contributed by atoms with Gasteiger partial charge >= 0.3 is 0 Å². The minimum atomic E-state index is -0.278. The second kappa shape index (κ2) is 7.70. The number of benzene rings is 2. The van der Waals surface area contributed by atoms with Crippen molar-refractivity contribution in [2.24, 2.45) is 0 Å². The maximum absolute atomic E-state index is 13.1. The quantitative estimate of drug-likeness (QED) is 0.494. The summed E-state index contributed by atoms with van der Waals surface area (Å²) in [7, 11) is 3.13.